The number of carbonyl (C=O) groups is 1. The highest BCUT2D eigenvalue weighted by molar-refractivity contribution is 5.91. The van der Waals surface area contributed by atoms with E-state index in [0.29, 0.717) is 23.7 Å². The quantitative estimate of drug-likeness (QED) is 0.0888. The molecule has 5 nitrogen and oxygen atoms in total. The molecule has 0 bridgehead atoms. The maximum absolute atomic E-state index is 12.5. The lowest BCUT2D eigenvalue weighted by Gasteiger charge is -2.08. The molecular formula is C31H38N2O3. The molecule has 5 heteroatoms. The number of hydrogen-bond donors (Lipinski definition) is 0. The van der Waals surface area contributed by atoms with Crippen LogP contribution in [0.2, 0.25) is 0 Å². The van der Waals surface area contributed by atoms with Gasteiger partial charge in [0.05, 0.1) is 12.2 Å². The van der Waals surface area contributed by atoms with Crippen molar-refractivity contribution < 1.29 is 14.3 Å². The van der Waals surface area contributed by atoms with Crippen LogP contribution in [-0.2, 0) is 6.42 Å². The zero-order valence-corrected chi connectivity index (χ0v) is 21.5. The maximum Gasteiger partial charge on any atom is 0.343 e. The Bertz CT molecular complexity index is 1040. The minimum atomic E-state index is -0.404. The van der Waals surface area contributed by atoms with E-state index in [2.05, 4.69) is 23.5 Å². The van der Waals surface area contributed by atoms with E-state index in [9.17, 15) is 4.79 Å². The first-order valence-corrected chi connectivity index (χ1v) is 13.2. The smallest absolute Gasteiger partial charge is 0.343 e. The van der Waals surface area contributed by atoms with Crippen molar-refractivity contribution in [3.8, 4) is 22.9 Å². The van der Waals surface area contributed by atoms with Gasteiger partial charge in [-0.15, -0.1) is 6.58 Å². The summed E-state index contributed by atoms with van der Waals surface area (Å²) in [5.41, 5.74) is 2.53. The normalized spacial score (nSPS) is 10.7. The van der Waals surface area contributed by atoms with Crippen LogP contribution in [0.25, 0.3) is 11.4 Å². The molecule has 1 aromatic heterocycles. The predicted octanol–water partition coefficient (Wildman–Crippen LogP) is 8.00. The van der Waals surface area contributed by atoms with Crippen LogP contribution >= 0.6 is 0 Å². The van der Waals surface area contributed by atoms with Gasteiger partial charge in [-0.3, -0.25) is 0 Å². The topological polar surface area (TPSA) is 61.3 Å². The number of hydrogen-bond acceptors (Lipinski definition) is 5. The van der Waals surface area contributed by atoms with E-state index in [1.807, 2.05) is 30.6 Å². The second-order valence-electron chi connectivity index (χ2n) is 9.00. The minimum absolute atomic E-state index is 0.404. The molecular weight excluding hydrogens is 448 g/mol. The van der Waals surface area contributed by atoms with E-state index in [1.165, 1.54) is 37.7 Å². The zero-order valence-electron chi connectivity index (χ0n) is 21.5. The van der Waals surface area contributed by atoms with Crippen LogP contribution in [0.3, 0.4) is 0 Å². The van der Waals surface area contributed by atoms with Crippen molar-refractivity contribution in [3.63, 3.8) is 0 Å². The molecule has 0 saturated heterocycles. The first kappa shape index (κ1) is 27.1. The Labute approximate surface area is 215 Å². The third-order valence-electron chi connectivity index (χ3n) is 6.01. The van der Waals surface area contributed by atoms with Gasteiger partial charge in [0, 0.05) is 18.0 Å². The van der Waals surface area contributed by atoms with Gasteiger partial charge in [-0.2, -0.15) is 0 Å². The molecule has 0 saturated carbocycles. The van der Waals surface area contributed by atoms with E-state index >= 15 is 0 Å². The first-order chi connectivity index (χ1) is 17.7. The lowest BCUT2D eigenvalue weighted by molar-refractivity contribution is 0.0734. The fraction of sp³-hybridized carbons (Fsp3) is 0.387. The standard InChI is InChI=1S/C31H38N2O3/c1-3-5-7-9-11-13-25-23-32-30(33-24-25)26-14-20-29(21-15-26)36-31(34)27-16-18-28(19-17-27)35-22-12-10-8-6-4-2/h4,14-21,23-24H,2-3,5-13,22H2,1H3. The molecule has 190 valence electrons. The van der Waals surface area contributed by atoms with Crippen molar-refractivity contribution in [1.82, 2.24) is 9.97 Å². The van der Waals surface area contributed by atoms with Gasteiger partial charge >= 0.3 is 5.97 Å². The average Bonchev–Trinajstić information content (AvgIpc) is 2.92. The molecule has 0 unspecified atom stereocenters. The lowest BCUT2D eigenvalue weighted by atomic mass is 10.1. The Balaban J connectivity index is 1.45. The van der Waals surface area contributed by atoms with Gasteiger partial charge in [-0.05, 0) is 92.6 Å². The number of aryl methyl sites for hydroxylation is 1. The third kappa shape index (κ3) is 9.29. The number of allylic oxidation sites excluding steroid dienone is 1. The van der Waals surface area contributed by atoms with Gasteiger partial charge < -0.3 is 9.47 Å². The third-order valence-corrected chi connectivity index (χ3v) is 6.01. The van der Waals surface area contributed by atoms with Crippen molar-refractivity contribution in [2.75, 3.05) is 6.61 Å². The molecule has 0 spiro atoms. The van der Waals surface area contributed by atoms with Gasteiger partial charge in [0.2, 0.25) is 0 Å². The number of unbranched alkanes of at least 4 members (excludes halogenated alkanes) is 7. The molecule has 0 aliphatic heterocycles. The fourth-order valence-corrected chi connectivity index (χ4v) is 3.85. The van der Waals surface area contributed by atoms with E-state index in [-0.39, 0.29) is 0 Å². The van der Waals surface area contributed by atoms with Crippen LogP contribution in [0, 0.1) is 0 Å². The summed E-state index contributed by atoms with van der Waals surface area (Å²) >= 11 is 0. The van der Waals surface area contributed by atoms with E-state index < -0.39 is 5.97 Å². The minimum Gasteiger partial charge on any atom is -0.494 e. The van der Waals surface area contributed by atoms with Crippen LogP contribution in [-0.4, -0.2) is 22.5 Å². The molecule has 0 N–H and O–H groups in total. The highest BCUT2D eigenvalue weighted by Gasteiger charge is 2.10. The lowest BCUT2D eigenvalue weighted by Crippen LogP contribution is -2.08. The van der Waals surface area contributed by atoms with Crippen LogP contribution in [0.4, 0.5) is 0 Å². The van der Waals surface area contributed by atoms with Crippen molar-refractivity contribution in [1.29, 1.82) is 0 Å². The summed E-state index contributed by atoms with van der Waals surface area (Å²) < 4.78 is 11.3. The molecule has 0 radical (unpaired) electrons. The van der Waals surface area contributed by atoms with Crippen molar-refractivity contribution in [2.24, 2.45) is 0 Å². The molecule has 0 aliphatic carbocycles. The molecule has 36 heavy (non-hydrogen) atoms. The van der Waals surface area contributed by atoms with Crippen molar-refractivity contribution in [3.05, 3.63) is 84.7 Å². The molecule has 0 fully saturated rings. The molecule has 0 amide bonds. The molecule has 3 rings (SSSR count). The Hall–Kier alpha value is -3.47. The van der Waals surface area contributed by atoms with Crippen LogP contribution < -0.4 is 9.47 Å². The van der Waals surface area contributed by atoms with Gasteiger partial charge in [-0.25, -0.2) is 14.8 Å². The summed E-state index contributed by atoms with van der Waals surface area (Å²) in [6.07, 6.45) is 17.4. The maximum atomic E-state index is 12.5. The molecule has 0 atom stereocenters. The number of carbonyl (C=O) groups excluding carboxylic acids is 1. The van der Waals surface area contributed by atoms with Gasteiger partial charge in [-0.1, -0.05) is 38.7 Å². The van der Waals surface area contributed by atoms with E-state index in [0.717, 1.165) is 43.4 Å². The SMILES string of the molecule is C=CCCCCCOc1ccc(C(=O)Oc2ccc(-c3ncc(CCCCCCC)cn3)cc2)cc1. The van der Waals surface area contributed by atoms with Gasteiger partial charge in [0.15, 0.2) is 5.82 Å². The van der Waals surface area contributed by atoms with E-state index in [1.54, 1.807) is 36.4 Å². The first-order valence-electron chi connectivity index (χ1n) is 13.2. The average molecular weight is 487 g/mol. The summed E-state index contributed by atoms with van der Waals surface area (Å²) in [4.78, 5) is 21.6. The Kier molecular flexibility index (Phi) is 11.7. The number of ether oxygens (including phenoxy) is 2. The summed E-state index contributed by atoms with van der Waals surface area (Å²) in [5, 5.41) is 0. The summed E-state index contributed by atoms with van der Waals surface area (Å²) in [6.45, 7) is 6.63. The second-order valence-corrected chi connectivity index (χ2v) is 9.00. The number of aromatic nitrogens is 2. The monoisotopic (exact) mass is 486 g/mol. The van der Waals surface area contributed by atoms with Crippen LogP contribution in [0.15, 0.2) is 73.6 Å². The Morgan fingerprint density at radius 3 is 2.19 bits per heavy atom. The number of rotatable bonds is 16. The van der Waals surface area contributed by atoms with Crippen molar-refractivity contribution in [2.45, 2.75) is 71.1 Å². The highest BCUT2D eigenvalue weighted by Crippen LogP contribution is 2.21. The predicted molar refractivity (Wildman–Crippen MR) is 145 cm³/mol. The summed E-state index contributed by atoms with van der Waals surface area (Å²) in [6, 6.07) is 14.3. The summed E-state index contributed by atoms with van der Waals surface area (Å²) in [5.74, 6) is 1.49. The number of esters is 1. The summed E-state index contributed by atoms with van der Waals surface area (Å²) in [7, 11) is 0. The number of nitrogens with zero attached hydrogens (tertiary/aromatic N) is 2. The second kappa shape index (κ2) is 15.5. The molecule has 2 aromatic carbocycles. The Morgan fingerprint density at radius 2 is 1.50 bits per heavy atom. The van der Waals surface area contributed by atoms with Gasteiger partial charge in [0.1, 0.15) is 11.5 Å². The number of benzene rings is 2. The van der Waals surface area contributed by atoms with E-state index in [4.69, 9.17) is 9.47 Å². The Morgan fingerprint density at radius 1 is 0.833 bits per heavy atom. The molecule has 1 heterocycles. The van der Waals surface area contributed by atoms with Gasteiger partial charge in [0.25, 0.3) is 0 Å². The molecule has 0 aliphatic rings. The zero-order chi connectivity index (χ0) is 25.4. The fourth-order valence-electron chi connectivity index (χ4n) is 3.85. The molecule has 3 aromatic rings. The largest absolute Gasteiger partial charge is 0.494 e. The van der Waals surface area contributed by atoms with Crippen LogP contribution in [0.5, 0.6) is 11.5 Å². The highest BCUT2D eigenvalue weighted by atomic mass is 16.5. The van der Waals surface area contributed by atoms with Crippen LogP contribution in [0.1, 0.15) is 80.6 Å². The van der Waals surface area contributed by atoms with Crippen molar-refractivity contribution >= 4 is 5.97 Å².